The molecule has 3 rings (SSSR count). The fourth-order valence-electron chi connectivity index (χ4n) is 2.79. The monoisotopic (exact) mass is 353 g/mol. The molecule has 0 radical (unpaired) electrons. The minimum absolute atomic E-state index is 0.0319. The van der Waals surface area contributed by atoms with E-state index in [1.54, 1.807) is 6.07 Å². The van der Waals surface area contributed by atoms with Crippen molar-refractivity contribution in [3.63, 3.8) is 0 Å². The number of halogens is 2. The SMILES string of the molecule is CC1(C)CCCNC1c1nc(-c2cc(F)cc(Br)c2)no1. The molecule has 2 aromatic rings. The van der Waals surface area contributed by atoms with E-state index in [1.165, 1.54) is 12.1 Å². The lowest BCUT2D eigenvalue weighted by Gasteiger charge is -2.36. The molecule has 6 heteroatoms. The summed E-state index contributed by atoms with van der Waals surface area (Å²) in [6.07, 6.45) is 2.25. The van der Waals surface area contributed by atoms with E-state index >= 15 is 0 Å². The van der Waals surface area contributed by atoms with Crippen LogP contribution in [0.4, 0.5) is 4.39 Å². The van der Waals surface area contributed by atoms with Gasteiger partial charge in [-0.3, -0.25) is 0 Å². The maximum absolute atomic E-state index is 13.5. The summed E-state index contributed by atoms with van der Waals surface area (Å²) in [5.74, 6) is 0.644. The van der Waals surface area contributed by atoms with E-state index in [2.05, 4.69) is 45.2 Å². The number of hydrogen-bond acceptors (Lipinski definition) is 4. The minimum Gasteiger partial charge on any atom is -0.337 e. The van der Waals surface area contributed by atoms with E-state index in [9.17, 15) is 4.39 Å². The van der Waals surface area contributed by atoms with Crippen molar-refractivity contribution in [2.24, 2.45) is 5.41 Å². The first-order valence-corrected chi connectivity index (χ1v) is 7.78. The van der Waals surface area contributed by atoms with Gasteiger partial charge in [-0.2, -0.15) is 4.98 Å². The van der Waals surface area contributed by atoms with Gasteiger partial charge in [-0.05, 0) is 43.0 Å². The standard InChI is InChI=1S/C15H17BrFN3O/c1-15(2)4-3-5-18-12(15)14-19-13(20-21-14)9-6-10(16)8-11(17)7-9/h6-8,12,18H,3-5H2,1-2H3. The highest BCUT2D eigenvalue weighted by Gasteiger charge is 2.37. The zero-order valence-corrected chi connectivity index (χ0v) is 13.6. The van der Waals surface area contributed by atoms with E-state index in [4.69, 9.17) is 4.52 Å². The first-order chi connectivity index (χ1) is 9.95. The zero-order chi connectivity index (χ0) is 15.0. The van der Waals surface area contributed by atoms with Gasteiger partial charge in [0.25, 0.3) is 0 Å². The zero-order valence-electron chi connectivity index (χ0n) is 12.0. The van der Waals surface area contributed by atoms with Crippen molar-refractivity contribution in [1.29, 1.82) is 0 Å². The topological polar surface area (TPSA) is 51.0 Å². The van der Waals surface area contributed by atoms with Crippen molar-refractivity contribution in [3.05, 3.63) is 34.4 Å². The summed E-state index contributed by atoms with van der Waals surface area (Å²) in [7, 11) is 0. The number of piperidine rings is 1. The summed E-state index contributed by atoms with van der Waals surface area (Å²) in [5.41, 5.74) is 0.662. The molecular weight excluding hydrogens is 337 g/mol. The Balaban J connectivity index is 1.92. The van der Waals surface area contributed by atoms with Gasteiger partial charge in [0.15, 0.2) is 0 Å². The summed E-state index contributed by atoms with van der Waals surface area (Å²) in [6.45, 7) is 5.32. The lowest BCUT2D eigenvalue weighted by atomic mass is 9.77. The number of nitrogens with one attached hydrogen (secondary N) is 1. The van der Waals surface area contributed by atoms with Gasteiger partial charge in [0.2, 0.25) is 11.7 Å². The van der Waals surface area contributed by atoms with Crippen LogP contribution in [0.3, 0.4) is 0 Å². The third-order valence-corrected chi connectivity index (χ3v) is 4.40. The summed E-state index contributed by atoms with van der Waals surface area (Å²) in [4.78, 5) is 4.45. The third kappa shape index (κ3) is 3.01. The Morgan fingerprint density at radius 1 is 1.38 bits per heavy atom. The minimum atomic E-state index is -0.332. The van der Waals surface area contributed by atoms with Crippen LogP contribution in [0.15, 0.2) is 27.2 Å². The molecule has 4 nitrogen and oxygen atoms in total. The molecule has 1 atom stereocenters. The second-order valence-corrected chi connectivity index (χ2v) is 7.01. The van der Waals surface area contributed by atoms with Crippen molar-refractivity contribution >= 4 is 15.9 Å². The Bertz CT molecular complexity index is 636. The molecule has 1 aliphatic heterocycles. The summed E-state index contributed by atoms with van der Waals surface area (Å²) < 4.78 is 19.5. The van der Waals surface area contributed by atoms with Gasteiger partial charge in [-0.1, -0.05) is 34.9 Å². The van der Waals surface area contributed by atoms with Gasteiger partial charge in [0.1, 0.15) is 5.82 Å². The van der Waals surface area contributed by atoms with Crippen LogP contribution < -0.4 is 5.32 Å². The van der Waals surface area contributed by atoms with E-state index in [0.717, 1.165) is 19.4 Å². The lowest BCUT2D eigenvalue weighted by Crippen LogP contribution is -2.39. The van der Waals surface area contributed by atoms with E-state index in [1.807, 2.05) is 0 Å². The van der Waals surface area contributed by atoms with Gasteiger partial charge in [0.05, 0.1) is 6.04 Å². The fourth-order valence-corrected chi connectivity index (χ4v) is 3.25. The highest BCUT2D eigenvalue weighted by Crippen LogP contribution is 2.39. The molecule has 1 N–H and O–H groups in total. The molecule has 0 saturated carbocycles. The van der Waals surface area contributed by atoms with Gasteiger partial charge in [-0.25, -0.2) is 4.39 Å². The van der Waals surface area contributed by atoms with E-state index < -0.39 is 0 Å². The second-order valence-electron chi connectivity index (χ2n) is 6.09. The number of nitrogens with zero attached hydrogens (tertiary/aromatic N) is 2. The van der Waals surface area contributed by atoms with Crippen LogP contribution in [0.1, 0.15) is 38.6 Å². The van der Waals surface area contributed by atoms with Crippen LogP contribution >= 0.6 is 15.9 Å². The van der Waals surface area contributed by atoms with Gasteiger partial charge >= 0.3 is 0 Å². The molecular formula is C15H17BrFN3O. The molecule has 0 spiro atoms. The number of rotatable bonds is 2. The molecule has 1 saturated heterocycles. The highest BCUT2D eigenvalue weighted by atomic mass is 79.9. The Hall–Kier alpha value is -1.27. The summed E-state index contributed by atoms with van der Waals surface area (Å²) in [6, 6.07) is 4.61. The van der Waals surface area contributed by atoms with Crippen molar-refractivity contribution in [3.8, 4) is 11.4 Å². The van der Waals surface area contributed by atoms with Crippen molar-refractivity contribution in [2.45, 2.75) is 32.7 Å². The lowest BCUT2D eigenvalue weighted by molar-refractivity contribution is 0.146. The summed E-state index contributed by atoms with van der Waals surface area (Å²) >= 11 is 3.27. The Morgan fingerprint density at radius 2 is 2.19 bits per heavy atom. The molecule has 1 unspecified atom stereocenters. The largest absolute Gasteiger partial charge is 0.337 e. The smallest absolute Gasteiger partial charge is 0.244 e. The van der Waals surface area contributed by atoms with Crippen LogP contribution in [-0.2, 0) is 0 Å². The quantitative estimate of drug-likeness (QED) is 0.883. The highest BCUT2D eigenvalue weighted by molar-refractivity contribution is 9.10. The summed E-state index contributed by atoms with van der Waals surface area (Å²) in [5, 5.41) is 7.43. The number of benzene rings is 1. The second kappa shape index (κ2) is 5.50. The normalized spacial score (nSPS) is 21.4. The fraction of sp³-hybridized carbons (Fsp3) is 0.467. The molecule has 0 aliphatic carbocycles. The molecule has 2 heterocycles. The van der Waals surface area contributed by atoms with Crippen LogP contribution in [0, 0.1) is 11.2 Å². The first-order valence-electron chi connectivity index (χ1n) is 6.99. The molecule has 1 aromatic heterocycles. The van der Waals surface area contributed by atoms with E-state index in [0.29, 0.717) is 21.8 Å². The Morgan fingerprint density at radius 3 is 2.90 bits per heavy atom. The Kier molecular flexibility index (Phi) is 3.84. The average Bonchev–Trinajstić information content (AvgIpc) is 2.86. The van der Waals surface area contributed by atoms with Crippen molar-refractivity contribution in [2.75, 3.05) is 6.54 Å². The van der Waals surface area contributed by atoms with Gasteiger partial charge < -0.3 is 9.84 Å². The van der Waals surface area contributed by atoms with Gasteiger partial charge in [-0.15, -0.1) is 0 Å². The molecule has 1 aliphatic rings. The van der Waals surface area contributed by atoms with Crippen LogP contribution in [-0.4, -0.2) is 16.7 Å². The van der Waals surface area contributed by atoms with Crippen molar-refractivity contribution < 1.29 is 8.91 Å². The molecule has 21 heavy (non-hydrogen) atoms. The average molecular weight is 354 g/mol. The maximum Gasteiger partial charge on any atom is 0.244 e. The van der Waals surface area contributed by atoms with Crippen LogP contribution in [0.5, 0.6) is 0 Å². The maximum atomic E-state index is 13.5. The predicted octanol–water partition coefficient (Wildman–Crippen LogP) is 4.09. The Labute approximate surface area is 131 Å². The predicted molar refractivity (Wildman–Crippen MR) is 81.2 cm³/mol. The molecule has 0 bridgehead atoms. The molecule has 0 amide bonds. The first kappa shape index (κ1) is 14.7. The molecule has 1 fully saturated rings. The molecule has 1 aromatic carbocycles. The number of hydrogen-bond donors (Lipinski definition) is 1. The number of aromatic nitrogens is 2. The van der Waals surface area contributed by atoms with Gasteiger partial charge in [0, 0.05) is 10.0 Å². The van der Waals surface area contributed by atoms with E-state index in [-0.39, 0.29) is 17.3 Å². The van der Waals surface area contributed by atoms with Crippen LogP contribution in [0.25, 0.3) is 11.4 Å². The van der Waals surface area contributed by atoms with Crippen LogP contribution in [0.2, 0.25) is 0 Å². The van der Waals surface area contributed by atoms with Crippen molar-refractivity contribution in [1.82, 2.24) is 15.5 Å². The third-order valence-electron chi connectivity index (χ3n) is 3.94. The molecule has 112 valence electrons.